The van der Waals surface area contributed by atoms with E-state index in [1.54, 1.807) is 11.8 Å². The van der Waals surface area contributed by atoms with E-state index in [-0.39, 0.29) is 34.6 Å². The largest absolute Gasteiger partial charge is 0.366 e. The number of ketones is 1. The smallest absolute Gasteiger partial charge is 0.257 e. The van der Waals surface area contributed by atoms with E-state index in [2.05, 4.69) is 31.1 Å². The van der Waals surface area contributed by atoms with E-state index in [0.29, 0.717) is 23.0 Å². The van der Waals surface area contributed by atoms with Crippen molar-refractivity contribution >= 4 is 23.4 Å². The Hall–Kier alpha value is -2.08. The van der Waals surface area contributed by atoms with Gasteiger partial charge in [0.1, 0.15) is 11.6 Å². The van der Waals surface area contributed by atoms with Crippen LogP contribution in [0.4, 0.5) is 5.82 Å². The fourth-order valence-electron chi connectivity index (χ4n) is 6.95. The Balaban J connectivity index is 1.24. The molecular weight excluding hydrogens is 526 g/mol. The summed E-state index contributed by atoms with van der Waals surface area (Å²) in [6.45, 7) is 6.61. The van der Waals surface area contributed by atoms with E-state index in [0.717, 1.165) is 24.2 Å². The quantitative estimate of drug-likeness (QED) is 0.111. The molecule has 226 valence electrons. The number of Topliss-reactive ketones (excluding diaryl/α,β-unsaturated/α-hetero) is 1. The average molecular weight is 580 g/mol. The summed E-state index contributed by atoms with van der Waals surface area (Å²) in [7, 11) is 0. The number of carbonyl (C=O) groups excluding carboxylic acids is 1. The lowest BCUT2D eigenvalue weighted by Crippen LogP contribution is -2.51. The summed E-state index contributed by atoms with van der Waals surface area (Å²) in [6.07, 6.45) is 20.4. The molecule has 0 amide bonds. The maximum Gasteiger partial charge on any atom is 0.257 e. The summed E-state index contributed by atoms with van der Waals surface area (Å²) in [4.78, 5) is 34.8. The number of aromatic amines is 1. The number of nitrogens with one attached hydrogen (secondary N) is 2. The Labute approximate surface area is 252 Å². The summed E-state index contributed by atoms with van der Waals surface area (Å²) in [6, 6.07) is 10.0. The molecule has 2 aromatic rings. The summed E-state index contributed by atoms with van der Waals surface area (Å²) in [5.74, 6) is 1.36. The number of anilines is 1. The Morgan fingerprint density at radius 1 is 0.854 bits per heavy atom. The number of H-pyrrole nitrogens is 1. The van der Waals surface area contributed by atoms with Crippen LogP contribution in [0, 0.1) is 11.3 Å². The Morgan fingerprint density at radius 3 is 2.05 bits per heavy atom. The fraction of sp³-hybridized carbons (Fsp3) is 0.686. The zero-order valence-corrected chi connectivity index (χ0v) is 26.6. The molecule has 2 N–H and O–H groups in total. The second-order valence-corrected chi connectivity index (χ2v) is 14.3. The first kappa shape index (κ1) is 31.8. The van der Waals surface area contributed by atoms with Crippen molar-refractivity contribution in [2.24, 2.45) is 11.3 Å². The SMILES string of the molecule is CCCCCCCCCCCCCCCCSc1nc2c(c(=O)[nH]1)C(c1ccccc1)C1C(=O)CC(C)(C)CC1N2. The van der Waals surface area contributed by atoms with Gasteiger partial charge in [0.05, 0.1) is 5.56 Å². The zero-order chi connectivity index (χ0) is 29.1. The lowest BCUT2D eigenvalue weighted by atomic mass is 9.62. The average Bonchev–Trinajstić information content (AvgIpc) is 2.94. The molecule has 2 heterocycles. The molecule has 0 radical (unpaired) electrons. The molecule has 0 bridgehead atoms. The lowest BCUT2D eigenvalue weighted by molar-refractivity contribution is -0.129. The molecular formula is C35H53N3O2S. The van der Waals surface area contributed by atoms with E-state index >= 15 is 0 Å². The third kappa shape index (κ3) is 9.20. The lowest BCUT2D eigenvalue weighted by Gasteiger charge is -2.46. The van der Waals surface area contributed by atoms with Gasteiger partial charge in [0.2, 0.25) is 0 Å². The van der Waals surface area contributed by atoms with Crippen molar-refractivity contribution in [3.63, 3.8) is 0 Å². The van der Waals surface area contributed by atoms with E-state index in [1.807, 2.05) is 30.3 Å². The number of aromatic nitrogens is 2. The highest BCUT2D eigenvalue weighted by Gasteiger charge is 2.49. The van der Waals surface area contributed by atoms with E-state index in [1.165, 1.54) is 83.5 Å². The van der Waals surface area contributed by atoms with Gasteiger partial charge in [-0.25, -0.2) is 4.98 Å². The van der Waals surface area contributed by atoms with Gasteiger partial charge in [-0.2, -0.15) is 0 Å². The molecule has 6 heteroatoms. The number of nitrogens with zero attached hydrogens (tertiary/aromatic N) is 1. The zero-order valence-electron chi connectivity index (χ0n) is 25.8. The van der Waals surface area contributed by atoms with Gasteiger partial charge < -0.3 is 10.3 Å². The van der Waals surface area contributed by atoms with Gasteiger partial charge in [-0.3, -0.25) is 9.59 Å². The predicted molar refractivity (Wildman–Crippen MR) is 173 cm³/mol. The van der Waals surface area contributed by atoms with Gasteiger partial charge in [0, 0.05) is 30.1 Å². The van der Waals surface area contributed by atoms with Crippen LogP contribution in [0.3, 0.4) is 0 Å². The molecule has 4 rings (SSSR count). The molecule has 2 aliphatic rings. The molecule has 3 unspecified atom stereocenters. The molecule has 1 saturated carbocycles. The molecule has 41 heavy (non-hydrogen) atoms. The van der Waals surface area contributed by atoms with Crippen molar-refractivity contribution in [2.75, 3.05) is 11.1 Å². The maximum absolute atomic E-state index is 13.5. The normalized spacial score (nSPS) is 21.2. The molecule has 0 spiro atoms. The number of fused-ring (bicyclic) bond motifs is 2. The van der Waals surface area contributed by atoms with Crippen molar-refractivity contribution in [1.29, 1.82) is 0 Å². The third-order valence-corrected chi connectivity index (χ3v) is 10.0. The Kier molecular flexibility index (Phi) is 12.4. The molecule has 1 aromatic heterocycles. The molecule has 1 fully saturated rings. The molecule has 1 aliphatic heterocycles. The van der Waals surface area contributed by atoms with Gasteiger partial charge in [0.15, 0.2) is 5.16 Å². The highest BCUT2D eigenvalue weighted by molar-refractivity contribution is 7.99. The predicted octanol–water partition coefficient (Wildman–Crippen LogP) is 9.27. The van der Waals surface area contributed by atoms with Crippen molar-refractivity contribution in [2.45, 2.75) is 141 Å². The first-order valence-electron chi connectivity index (χ1n) is 16.5. The first-order chi connectivity index (χ1) is 19.9. The topological polar surface area (TPSA) is 74.8 Å². The van der Waals surface area contributed by atoms with E-state index in [4.69, 9.17) is 4.98 Å². The maximum atomic E-state index is 13.5. The standard InChI is InChI=1S/C35H53N3O2S/c1-4-5-6-7-8-9-10-11-12-13-14-15-16-20-23-41-34-37-32-31(33(40)38-34)29(26-21-18-17-19-22-26)30-27(36-32)24-35(2,3)25-28(30)39/h17-19,21-22,27,29-30H,4-16,20,23-25H2,1-3H3,(H2,36,37,38,40). The second-order valence-electron chi connectivity index (χ2n) is 13.3. The Bertz CT molecular complexity index is 1150. The van der Waals surface area contributed by atoms with Gasteiger partial charge in [-0.15, -0.1) is 0 Å². The number of hydrogen-bond acceptors (Lipinski definition) is 5. The minimum absolute atomic E-state index is 0.0121. The number of thioether (sulfide) groups is 1. The molecule has 1 aliphatic carbocycles. The number of carbonyl (C=O) groups is 1. The number of unbranched alkanes of at least 4 members (excludes halogenated alkanes) is 13. The van der Waals surface area contributed by atoms with Crippen LogP contribution in [0.15, 0.2) is 40.3 Å². The van der Waals surface area contributed by atoms with Crippen LogP contribution in [0.1, 0.15) is 141 Å². The van der Waals surface area contributed by atoms with Gasteiger partial charge >= 0.3 is 0 Å². The van der Waals surface area contributed by atoms with Crippen LogP contribution in [0.2, 0.25) is 0 Å². The fourth-order valence-corrected chi connectivity index (χ4v) is 7.81. The van der Waals surface area contributed by atoms with Crippen LogP contribution >= 0.6 is 11.8 Å². The highest BCUT2D eigenvalue weighted by atomic mass is 32.2. The minimum Gasteiger partial charge on any atom is -0.366 e. The summed E-state index contributed by atoms with van der Waals surface area (Å²) < 4.78 is 0. The van der Waals surface area contributed by atoms with Gasteiger partial charge in [0.25, 0.3) is 5.56 Å². The second kappa shape index (κ2) is 16.0. The molecule has 3 atom stereocenters. The number of hydrogen-bond donors (Lipinski definition) is 2. The van der Waals surface area contributed by atoms with Crippen molar-refractivity contribution in [3.05, 3.63) is 51.8 Å². The van der Waals surface area contributed by atoms with Crippen LogP contribution in [-0.2, 0) is 4.79 Å². The third-order valence-electron chi connectivity index (χ3n) is 9.05. The molecule has 1 aromatic carbocycles. The molecule has 5 nitrogen and oxygen atoms in total. The Morgan fingerprint density at radius 2 is 1.44 bits per heavy atom. The van der Waals surface area contributed by atoms with Crippen LogP contribution in [0.25, 0.3) is 0 Å². The van der Waals surface area contributed by atoms with Gasteiger partial charge in [-0.05, 0) is 23.8 Å². The summed E-state index contributed by atoms with van der Waals surface area (Å²) >= 11 is 1.64. The van der Waals surface area contributed by atoms with Crippen molar-refractivity contribution in [1.82, 2.24) is 9.97 Å². The van der Waals surface area contributed by atoms with Crippen LogP contribution in [-0.4, -0.2) is 27.5 Å². The van der Waals surface area contributed by atoms with E-state index < -0.39 is 0 Å². The van der Waals surface area contributed by atoms with Crippen molar-refractivity contribution in [3.8, 4) is 0 Å². The molecule has 0 saturated heterocycles. The van der Waals surface area contributed by atoms with Gasteiger partial charge in [-0.1, -0.05) is 146 Å². The minimum atomic E-state index is -0.262. The first-order valence-corrected chi connectivity index (χ1v) is 17.5. The van der Waals surface area contributed by atoms with Crippen LogP contribution < -0.4 is 10.9 Å². The number of benzene rings is 1. The highest BCUT2D eigenvalue weighted by Crippen LogP contribution is 2.48. The number of rotatable bonds is 17. The summed E-state index contributed by atoms with van der Waals surface area (Å²) in [5.41, 5.74) is 1.46. The van der Waals surface area contributed by atoms with Crippen molar-refractivity contribution < 1.29 is 4.79 Å². The summed E-state index contributed by atoms with van der Waals surface area (Å²) in [5, 5.41) is 4.24. The monoisotopic (exact) mass is 579 g/mol. The van der Waals surface area contributed by atoms with E-state index in [9.17, 15) is 9.59 Å². The van der Waals surface area contributed by atoms with Crippen LogP contribution in [0.5, 0.6) is 0 Å².